The largest absolute Gasteiger partial charge is 0.478 e. The summed E-state index contributed by atoms with van der Waals surface area (Å²) in [5.41, 5.74) is 1.85. The van der Waals surface area contributed by atoms with Crippen molar-refractivity contribution >= 4 is 30.0 Å². The van der Waals surface area contributed by atoms with Crippen LogP contribution < -0.4 is 5.32 Å². The number of aliphatic carboxylic acids is 1. The van der Waals surface area contributed by atoms with E-state index in [4.69, 9.17) is 5.11 Å². The van der Waals surface area contributed by atoms with Crippen LogP contribution in [0.25, 0.3) is 0 Å². The van der Waals surface area contributed by atoms with E-state index < -0.39 is 11.9 Å². The molecule has 1 amide bonds. The number of anilines is 1. The molecule has 0 aliphatic heterocycles. The van der Waals surface area contributed by atoms with E-state index in [-0.39, 0.29) is 12.4 Å². The molecule has 0 aromatic heterocycles. The highest BCUT2D eigenvalue weighted by Gasteiger charge is 2.03. The van der Waals surface area contributed by atoms with Gasteiger partial charge < -0.3 is 15.3 Å². The summed E-state index contributed by atoms with van der Waals surface area (Å²) < 4.78 is 0. The molecule has 0 heterocycles. The zero-order valence-electron chi connectivity index (χ0n) is 18.6. The standard InChI is InChI=1S/C24H38N2O3.ClH/c1-3-4-5-6-7-8-9-10-11-12-19-26(2)20-21-13-15-22(16-14-21)25-23(27)17-18-24(28)29;/h13-18H,3-12,19-20H2,1-2H3,(H,25,27)(H,28,29);1H. The van der Waals surface area contributed by atoms with Gasteiger partial charge in [0.2, 0.25) is 5.91 Å². The Bertz CT molecular complexity index is 617. The summed E-state index contributed by atoms with van der Waals surface area (Å²) in [4.78, 5) is 24.3. The fourth-order valence-corrected chi connectivity index (χ4v) is 3.28. The summed E-state index contributed by atoms with van der Waals surface area (Å²) in [6.07, 6.45) is 15.4. The predicted octanol–water partition coefficient (Wildman–Crippen LogP) is 6.04. The summed E-state index contributed by atoms with van der Waals surface area (Å²) in [6.45, 7) is 4.23. The molecule has 5 nitrogen and oxygen atoms in total. The molecule has 0 spiro atoms. The summed E-state index contributed by atoms with van der Waals surface area (Å²) in [7, 11) is 2.14. The molecule has 170 valence electrons. The molecule has 0 aliphatic rings. The van der Waals surface area contributed by atoms with E-state index in [1.54, 1.807) is 0 Å². The molecule has 0 saturated heterocycles. The lowest BCUT2D eigenvalue weighted by atomic mass is 10.1. The van der Waals surface area contributed by atoms with Crippen LogP contribution in [0.15, 0.2) is 36.4 Å². The van der Waals surface area contributed by atoms with Crippen molar-refractivity contribution < 1.29 is 14.7 Å². The Morgan fingerprint density at radius 3 is 1.97 bits per heavy atom. The van der Waals surface area contributed by atoms with Gasteiger partial charge in [0, 0.05) is 24.4 Å². The molecular weight excluding hydrogens is 400 g/mol. The smallest absolute Gasteiger partial charge is 0.328 e. The molecule has 6 heteroatoms. The molecule has 0 bridgehead atoms. The summed E-state index contributed by atoms with van der Waals surface area (Å²) in [5, 5.41) is 11.2. The first-order valence-electron chi connectivity index (χ1n) is 11.0. The zero-order chi connectivity index (χ0) is 21.3. The molecule has 0 fully saturated rings. The van der Waals surface area contributed by atoms with Crippen LogP contribution in [0.2, 0.25) is 0 Å². The second-order valence-electron chi connectivity index (χ2n) is 7.78. The maximum absolute atomic E-state index is 11.6. The van der Waals surface area contributed by atoms with E-state index in [9.17, 15) is 9.59 Å². The number of benzene rings is 1. The van der Waals surface area contributed by atoms with E-state index in [2.05, 4.69) is 24.2 Å². The number of nitrogens with one attached hydrogen (secondary N) is 1. The lowest BCUT2D eigenvalue weighted by Crippen LogP contribution is -2.19. The van der Waals surface area contributed by atoms with Gasteiger partial charge in [0.25, 0.3) is 0 Å². The van der Waals surface area contributed by atoms with Crippen LogP contribution in [0.5, 0.6) is 0 Å². The van der Waals surface area contributed by atoms with Gasteiger partial charge in [-0.15, -0.1) is 12.4 Å². The van der Waals surface area contributed by atoms with Crippen LogP contribution in [0.4, 0.5) is 5.69 Å². The first-order chi connectivity index (χ1) is 14.0. The maximum Gasteiger partial charge on any atom is 0.328 e. The van der Waals surface area contributed by atoms with Gasteiger partial charge in [0.15, 0.2) is 0 Å². The van der Waals surface area contributed by atoms with Gasteiger partial charge in [0.05, 0.1) is 0 Å². The van der Waals surface area contributed by atoms with Crippen LogP contribution in [0.3, 0.4) is 0 Å². The Hall–Kier alpha value is -1.85. The van der Waals surface area contributed by atoms with Crippen LogP contribution in [0.1, 0.15) is 76.7 Å². The molecule has 1 aromatic rings. The van der Waals surface area contributed by atoms with Crippen molar-refractivity contribution in [3.05, 3.63) is 42.0 Å². The number of nitrogens with zero attached hydrogens (tertiary/aromatic N) is 1. The Morgan fingerprint density at radius 1 is 0.900 bits per heavy atom. The van der Waals surface area contributed by atoms with Crippen LogP contribution in [-0.4, -0.2) is 35.5 Å². The third-order valence-electron chi connectivity index (χ3n) is 4.94. The molecule has 0 unspecified atom stereocenters. The van der Waals surface area contributed by atoms with Crippen molar-refractivity contribution in [1.82, 2.24) is 4.90 Å². The molecule has 1 aromatic carbocycles. The van der Waals surface area contributed by atoms with Crippen LogP contribution in [-0.2, 0) is 16.1 Å². The van der Waals surface area contributed by atoms with E-state index in [0.717, 1.165) is 25.2 Å². The van der Waals surface area contributed by atoms with E-state index in [1.165, 1.54) is 69.8 Å². The van der Waals surface area contributed by atoms with Crippen molar-refractivity contribution in [2.75, 3.05) is 18.9 Å². The monoisotopic (exact) mass is 438 g/mol. The lowest BCUT2D eigenvalue weighted by molar-refractivity contribution is -0.131. The Labute approximate surface area is 188 Å². The molecule has 0 aliphatic carbocycles. The number of unbranched alkanes of at least 4 members (excludes halogenated alkanes) is 9. The third kappa shape index (κ3) is 15.1. The van der Waals surface area contributed by atoms with Crippen molar-refractivity contribution in [3.8, 4) is 0 Å². The van der Waals surface area contributed by atoms with Gasteiger partial charge in [-0.3, -0.25) is 4.79 Å². The second kappa shape index (κ2) is 18.0. The topological polar surface area (TPSA) is 69.6 Å². The van der Waals surface area contributed by atoms with E-state index in [1.807, 2.05) is 24.3 Å². The molecule has 0 radical (unpaired) electrons. The number of hydrogen-bond donors (Lipinski definition) is 2. The number of carboxylic acids is 1. The van der Waals surface area contributed by atoms with Crippen LogP contribution in [0, 0.1) is 0 Å². The third-order valence-corrected chi connectivity index (χ3v) is 4.94. The van der Waals surface area contributed by atoms with Gasteiger partial charge in [-0.25, -0.2) is 4.79 Å². The quantitative estimate of drug-likeness (QED) is 0.244. The van der Waals surface area contributed by atoms with Crippen molar-refractivity contribution in [2.45, 2.75) is 77.7 Å². The predicted molar refractivity (Wildman–Crippen MR) is 127 cm³/mol. The van der Waals surface area contributed by atoms with Gasteiger partial charge in [-0.2, -0.15) is 0 Å². The van der Waals surface area contributed by atoms with Crippen LogP contribution >= 0.6 is 12.4 Å². The average Bonchev–Trinajstić information content (AvgIpc) is 2.69. The van der Waals surface area contributed by atoms with E-state index >= 15 is 0 Å². The molecule has 1 rings (SSSR count). The zero-order valence-corrected chi connectivity index (χ0v) is 19.4. The molecule has 30 heavy (non-hydrogen) atoms. The SMILES string of the molecule is CCCCCCCCCCCCN(C)Cc1ccc(NC(=O)C=CC(=O)O)cc1.Cl. The highest BCUT2D eigenvalue weighted by molar-refractivity contribution is 6.02. The average molecular weight is 439 g/mol. The fraction of sp³-hybridized carbons (Fsp3) is 0.583. The van der Waals surface area contributed by atoms with Gasteiger partial charge >= 0.3 is 5.97 Å². The normalized spacial score (nSPS) is 10.9. The minimum atomic E-state index is -1.14. The first kappa shape index (κ1) is 28.1. The highest BCUT2D eigenvalue weighted by atomic mass is 35.5. The summed E-state index contributed by atoms with van der Waals surface area (Å²) >= 11 is 0. The number of carbonyl (C=O) groups is 2. The lowest BCUT2D eigenvalue weighted by Gasteiger charge is -2.17. The molecule has 0 saturated carbocycles. The number of hydrogen-bond acceptors (Lipinski definition) is 3. The number of halogens is 1. The Balaban J connectivity index is 0.00000841. The Morgan fingerprint density at radius 2 is 1.43 bits per heavy atom. The minimum Gasteiger partial charge on any atom is -0.478 e. The fourth-order valence-electron chi connectivity index (χ4n) is 3.28. The number of carbonyl (C=O) groups excluding carboxylic acids is 1. The van der Waals surface area contributed by atoms with Crippen molar-refractivity contribution in [1.29, 1.82) is 0 Å². The first-order valence-corrected chi connectivity index (χ1v) is 11.0. The maximum atomic E-state index is 11.6. The minimum absolute atomic E-state index is 0. The van der Waals surface area contributed by atoms with Gasteiger partial charge in [-0.05, 0) is 37.7 Å². The van der Waals surface area contributed by atoms with Crippen molar-refractivity contribution in [2.24, 2.45) is 0 Å². The Kier molecular flexibility index (Phi) is 16.9. The summed E-state index contributed by atoms with van der Waals surface area (Å²) in [5.74, 6) is -1.58. The number of rotatable bonds is 16. The number of carboxylic acid groups (broad SMARTS) is 1. The summed E-state index contributed by atoms with van der Waals surface area (Å²) in [6, 6.07) is 7.67. The molecule has 2 N–H and O–H groups in total. The van der Waals surface area contributed by atoms with E-state index in [0.29, 0.717) is 5.69 Å². The second-order valence-corrected chi connectivity index (χ2v) is 7.78. The number of amides is 1. The highest BCUT2D eigenvalue weighted by Crippen LogP contribution is 2.13. The van der Waals surface area contributed by atoms with Crippen molar-refractivity contribution in [3.63, 3.8) is 0 Å². The molecule has 0 atom stereocenters. The van der Waals surface area contributed by atoms with Gasteiger partial charge in [0.1, 0.15) is 0 Å². The molecular formula is C24H39ClN2O3. The van der Waals surface area contributed by atoms with Gasteiger partial charge in [-0.1, -0.05) is 76.8 Å².